The van der Waals surface area contributed by atoms with Crippen LogP contribution in [0.2, 0.25) is 0 Å². The van der Waals surface area contributed by atoms with E-state index in [0.29, 0.717) is 45.5 Å². The lowest BCUT2D eigenvalue weighted by Crippen LogP contribution is -2.00. The summed E-state index contributed by atoms with van der Waals surface area (Å²) in [5.74, 6) is 2.93. The van der Waals surface area contributed by atoms with E-state index in [2.05, 4.69) is 9.97 Å². The van der Waals surface area contributed by atoms with Crippen molar-refractivity contribution in [3.05, 3.63) is 48.8 Å². The molecule has 0 fully saturated rings. The average Bonchev–Trinajstić information content (AvgIpc) is 3.25. The van der Waals surface area contributed by atoms with E-state index >= 15 is 0 Å². The second-order valence-corrected chi connectivity index (χ2v) is 6.62. The van der Waals surface area contributed by atoms with E-state index in [0.717, 1.165) is 16.7 Å². The topological polar surface area (TPSA) is 102 Å². The number of nitrogens with zero attached hydrogens (tertiary/aromatic N) is 3. The van der Waals surface area contributed by atoms with Crippen molar-refractivity contribution in [1.82, 2.24) is 15.0 Å². The second-order valence-electron chi connectivity index (χ2n) is 6.62. The first-order valence-electron chi connectivity index (χ1n) is 9.22. The van der Waals surface area contributed by atoms with Crippen molar-refractivity contribution in [3.63, 3.8) is 0 Å². The van der Waals surface area contributed by atoms with Gasteiger partial charge in [-0.25, -0.2) is 15.0 Å². The highest BCUT2D eigenvalue weighted by atomic mass is 16.7. The quantitative estimate of drug-likeness (QED) is 0.551. The number of fused-ring (bicyclic) bond motifs is 2. The van der Waals surface area contributed by atoms with Gasteiger partial charge in [0.25, 0.3) is 0 Å². The SMILES string of the molecule is COc1cccc(-c2cc(-c3ccc4c(c3)OCO4)nc3ncnc(N)c23)c1OC. The number of para-hydroxylation sites is 1. The van der Waals surface area contributed by atoms with E-state index in [1.165, 1.54) is 6.33 Å². The Hall–Kier alpha value is -4.07. The van der Waals surface area contributed by atoms with Gasteiger partial charge in [0.2, 0.25) is 6.79 Å². The van der Waals surface area contributed by atoms with Gasteiger partial charge in [0.15, 0.2) is 28.6 Å². The van der Waals surface area contributed by atoms with Crippen molar-refractivity contribution in [2.45, 2.75) is 0 Å². The number of nitrogen functional groups attached to an aromatic ring is 1. The largest absolute Gasteiger partial charge is 0.493 e. The summed E-state index contributed by atoms with van der Waals surface area (Å²) >= 11 is 0. The number of nitrogens with two attached hydrogens (primary N) is 1. The summed E-state index contributed by atoms with van der Waals surface area (Å²) in [5.41, 5.74) is 9.86. The van der Waals surface area contributed by atoms with Gasteiger partial charge in [0.05, 0.1) is 25.3 Å². The lowest BCUT2D eigenvalue weighted by molar-refractivity contribution is 0.174. The molecular formula is C22H18N4O4. The Morgan fingerprint density at radius 3 is 2.63 bits per heavy atom. The average molecular weight is 402 g/mol. The van der Waals surface area contributed by atoms with E-state index in [1.54, 1.807) is 14.2 Å². The van der Waals surface area contributed by atoms with E-state index in [-0.39, 0.29) is 6.79 Å². The number of methoxy groups -OCH3 is 2. The van der Waals surface area contributed by atoms with Gasteiger partial charge in [0, 0.05) is 16.7 Å². The van der Waals surface area contributed by atoms with E-state index in [4.69, 9.17) is 29.7 Å². The predicted molar refractivity (Wildman–Crippen MR) is 112 cm³/mol. The minimum Gasteiger partial charge on any atom is -0.493 e. The fourth-order valence-electron chi connectivity index (χ4n) is 3.60. The van der Waals surface area contributed by atoms with Gasteiger partial charge in [-0.3, -0.25) is 0 Å². The third kappa shape index (κ3) is 2.81. The fourth-order valence-corrected chi connectivity index (χ4v) is 3.60. The van der Waals surface area contributed by atoms with Crippen molar-refractivity contribution in [3.8, 4) is 45.4 Å². The number of pyridine rings is 1. The van der Waals surface area contributed by atoms with Crippen LogP contribution < -0.4 is 24.7 Å². The van der Waals surface area contributed by atoms with Gasteiger partial charge in [-0.1, -0.05) is 12.1 Å². The molecule has 8 heteroatoms. The monoisotopic (exact) mass is 402 g/mol. The maximum atomic E-state index is 6.22. The second kappa shape index (κ2) is 7.07. The smallest absolute Gasteiger partial charge is 0.231 e. The lowest BCUT2D eigenvalue weighted by atomic mass is 9.98. The zero-order chi connectivity index (χ0) is 20.7. The molecular weight excluding hydrogens is 384 g/mol. The molecule has 30 heavy (non-hydrogen) atoms. The highest BCUT2D eigenvalue weighted by Crippen LogP contribution is 2.43. The Morgan fingerprint density at radius 2 is 1.80 bits per heavy atom. The van der Waals surface area contributed by atoms with Crippen molar-refractivity contribution in [1.29, 1.82) is 0 Å². The zero-order valence-corrected chi connectivity index (χ0v) is 16.4. The summed E-state index contributed by atoms with van der Waals surface area (Å²) in [7, 11) is 3.20. The minimum absolute atomic E-state index is 0.208. The molecule has 0 bridgehead atoms. The van der Waals surface area contributed by atoms with E-state index in [9.17, 15) is 0 Å². The number of hydrogen-bond donors (Lipinski definition) is 1. The molecule has 1 aliphatic heterocycles. The van der Waals surface area contributed by atoms with Crippen LogP contribution in [0.15, 0.2) is 48.8 Å². The first-order valence-corrected chi connectivity index (χ1v) is 9.22. The normalized spacial score (nSPS) is 12.2. The molecule has 0 spiro atoms. The Labute approximate surface area is 172 Å². The zero-order valence-electron chi connectivity index (χ0n) is 16.4. The molecule has 0 aliphatic carbocycles. The summed E-state index contributed by atoms with van der Waals surface area (Å²) in [6.45, 7) is 0.208. The molecule has 4 aromatic rings. The lowest BCUT2D eigenvalue weighted by Gasteiger charge is -2.16. The maximum absolute atomic E-state index is 6.22. The van der Waals surface area contributed by atoms with Gasteiger partial charge >= 0.3 is 0 Å². The molecule has 1 aliphatic rings. The molecule has 2 N–H and O–H groups in total. The van der Waals surface area contributed by atoms with Crippen LogP contribution in [0.25, 0.3) is 33.4 Å². The van der Waals surface area contributed by atoms with Crippen molar-refractivity contribution in [2.24, 2.45) is 0 Å². The fraction of sp³-hybridized carbons (Fsp3) is 0.136. The van der Waals surface area contributed by atoms with Crippen LogP contribution in [0.5, 0.6) is 23.0 Å². The first kappa shape index (κ1) is 18.0. The highest BCUT2D eigenvalue weighted by molar-refractivity contribution is 6.02. The summed E-state index contributed by atoms with van der Waals surface area (Å²) in [5, 5.41) is 0.647. The third-order valence-electron chi connectivity index (χ3n) is 4.99. The van der Waals surface area contributed by atoms with Gasteiger partial charge < -0.3 is 24.7 Å². The molecule has 3 heterocycles. The van der Waals surface area contributed by atoms with Crippen LogP contribution in [-0.4, -0.2) is 36.0 Å². The summed E-state index contributed by atoms with van der Waals surface area (Å²) in [4.78, 5) is 13.2. The Kier molecular flexibility index (Phi) is 4.24. The van der Waals surface area contributed by atoms with Gasteiger partial charge in [-0.05, 0) is 30.3 Å². The van der Waals surface area contributed by atoms with Crippen LogP contribution >= 0.6 is 0 Å². The molecule has 0 atom stereocenters. The number of ether oxygens (including phenoxy) is 4. The van der Waals surface area contributed by atoms with Gasteiger partial charge in [-0.2, -0.15) is 0 Å². The molecule has 150 valence electrons. The van der Waals surface area contributed by atoms with Crippen molar-refractivity contribution in [2.75, 3.05) is 26.7 Å². The van der Waals surface area contributed by atoms with E-state index < -0.39 is 0 Å². The number of hydrogen-bond acceptors (Lipinski definition) is 8. The Balaban J connectivity index is 1.80. The summed E-state index contributed by atoms with van der Waals surface area (Å²) in [6, 6.07) is 13.3. The van der Waals surface area contributed by atoms with Crippen LogP contribution in [-0.2, 0) is 0 Å². The molecule has 5 rings (SSSR count). The molecule has 0 radical (unpaired) electrons. The highest BCUT2D eigenvalue weighted by Gasteiger charge is 2.20. The first-order chi connectivity index (χ1) is 14.7. The molecule has 8 nitrogen and oxygen atoms in total. The summed E-state index contributed by atoms with van der Waals surface area (Å²) in [6.07, 6.45) is 1.40. The number of rotatable bonds is 4. The van der Waals surface area contributed by atoms with Crippen LogP contribution in [0.1, 0.15) is 0 Å². The van der Waals surface area contributed by atoms with Crippen LogP contribution in [0.3, 0.4) is 0 Å². The number of benzene rings is 2. The molecule has 2 aromatic heterocycles. The molecule has 0 saturated carbocycles. The van der Waals surface area contributed by atoms with Gasteiger partial charge in [0.1, 0.15) is 12.1 Å². The van der Waals surface area contributed by atoms with Crippen LogP contribution in [0, 0.1) is 0 Å². The van der Waals surface area contributed by atoms with Crippen LogP contribution in [0.4, 0.5) is 5.82 Å². The number of aromatic nitrogens is 3. The van der Waals surface area contributed by atoms with Crippen molar-refractivity contribution >= 4 is 16.9 Å². The molecule has 2 aromatic carbocycles. The van der Waals surface area contributed by atoms with Gasteiger partial charge in [-0.15, -0.1) is 0 Å². The van der Waals surface area contributed by atoms with E-state index in [1.807, 2.05) is 42.5 Å². The molecule has 0 saturated heterocycles. The van der Waals surface area contributed by atoms with Crippen molar-refractivity contribution < 1.29 is 18.9 Å². The Bertz CT molecular complexity index is 1280. The number of anilines is 1. The Morgan fingerprint density at radius 1 is 0.933 bits per heavy atom. The minimum atomic E-state index is 0.208. The standard InChI is InChI=1S/C22H18N4O4/c1-27-17-5-3-4-13(20(17)28-2)14-9-15(26-22-19(14)21(23)24-10-25-22)12-6-7-16-18(8-12)30-11-29-16/h3-10H,11H2,1-2H3,(H2,23,24,25,26). The summed E-state index contributed by atoms with van der Waals surface area (Å²) < 4.78 is 22.1. The third-order valence-corrected chi connectivity index (χ3v) is 4.99. The molecule has 0 unspecified atom stereocenters. The predicted octanol–water partition coefficient (Wildman–Crippen LogP) is 3.69. The maximum Gasteiger partial charge on any atom is 0.231 e. The molecule has 0 amide bonds.